The summed E-state index contributed by atoms with van der Waals surface area (Å²) in [5, 5.41) is 2.35. The largest absolute Gasteiger partial charge is 0.310 e. The van der Waals surface area contributed by atoms with Crippen LogP contribution in [0.15, 0.2) is 142 Å². The molecule has 0 bridgehead atoms. The maximum absolute atomic E-state index is 16.0. The molecule has 1 aliphatic rings. The summed E-state index contributed by atoms with van der Waals surface area (Å²) in [6.45, 7) is 6.67. The average Bonchev–Trinajstić information content (AvgIpc) is 3.48. The van der Waals surface area contributed by atoms with E-state index in [9.17, 15) is 0 Å². The average molecular weight is 777 g/mol. The molecule has 7 aromatic rings. The minimum atomic E-state index is -2.91. The highest BCUT2D eigenvalue weighted by molar-refractivity contribution is 9.10. The summed E-state index contributed by atoms with van der Waals surface area (Å²) in [5.74, 6) is -2.91. The third kappa shape index (κ3) is 4.90. The zero-order valence-electron chi connectivity index (χ0n) is 27.6. The number of hydrogen-bond donors (Lipinski definition) is 0. The summed E-state index contributed by atoms with van der Waals surface area (Å²) in [7, 11) is 0. The third-order valence-electron chi connectivity index (χ3n) is 10.4. The number of rotatable bonds is 5. The number of fused-ring (bicyclic) bond motifs is 4. The van der Waals surface area contributed by atoms with Crippen molar-refractivity contribution in [2.24, 2.45) is 0 Å². The van der Waals surface area contributed by atoms with Crippen LogP contribution in [0.2, 0.25) is 0 Å². The molecule has 0 N–H and O–H groups in total. The number of halogens is 4. The predicted octanol–water partition coefficient (Wildman–Crippen LogP) is 13.6. The first-order valence-electron chi connectivity index (χ1n) is 16.4. The molecule has 0 unspecified atom stereocenters. The molecule has 0 amide bonds. The van der Waals surface area contributed by atoms with Crippen molar-refractivity contribution in [3.8, 4) is 16.8 Å². The van der Waals surface area contributed by atoms with Crippen molar-refractivity contribution < 1.29 is 8.78 Å². The lowest BCUT2D eigenvalue weighted by molar-refractivity contribution is -0.105. The lowest BCUT2D eigenvalue weighted by Gasteiger charge is -2.35. The number of aromatic nitrogens is 1. The smallest absolute Gasteiger partial charge is 0.266 e. The van der Waals surface area contributed by atoms with Gasteiger partial charge in [0.2, 0.25) is 0 Å². The van der Waals surface area contributed by atoms with E-state index in [1.807, 2.05) is 42.5 Å². The van der Waals surface area contributed by atoms with E-state index in [-0.39, 0.29) is 0 Å². The van der Waals surface area contributed by atoms with Crippen molar-refractivity contribution in [2.45, 2.75) is 44.4 Å². The standard InChI is InChI=1S/C43H34Br2F2N2/c1-41(2)37-22-13-27(25-38(37)42(3,4)43(41,46)47)28-23-33(48(31-18-14-29(44)15-19-31)32-20-16-30(45)17-21-32)26-34(24-28)49-39-11-7-5-9-35(39)36-10-6-8-12-40(36)49/h5-26H,1-4H3. The highest BCUT2D eigenvalue weighted by Crippen LogP contribution is 2.60. The number of alkyl halides is 2. The first kappa shape index (κ1) is 32.0. The Morgan fingerprint density at radius 3 is 1.57 bits per heavy atom. The molecular weight excluding hydrogens is 742 g/mol. The third-order valence-corrected chi connectivity index (χ3v) is 11.5. The molecule has 0 fully saturated rings. The van der Waals surface area contributed by atoms with Gasteiger partial charge in [-0.2, -0.15) is 0 Å². The van der Waals surface area contributed by atoms with Crippen LogP contribution in [0, 0.1) is 0 Å². The molecule has 1 aliphatic carbocycles. The SMILES string of the molecule is CC1(C)c2ccc(-c3cc(N(c4ccc(Br)cc4)c4ccc(Br)cc4)cc(-n4c5ccccc5c5ccccc54)c3)cc2C(C)(C)C1(F)F. The van der Waals surface area contributed by atoms with Crippen LogP contribution in [-0.2, 0) is 10.8 Å². The monoisotopic (exact) mass is 774 g/mol. The van der Waals surface area contributed by atoms with Gasteiger partial charge >= 0.3 is 0 Å². The topological polar surface area (TPSA) is 8.17 Å². The first-order chi connectivity index (χ1) is 23.4. The van der Waals surface area contributed by atoms with Crippen LogP contribution in [0.25, 0.3) is 38.6 Å². The highest BCUT2D eigenvalue weighted by Gasteiger charge is 2.65. The van der Waals surface area contributed by atoms with Crippen molar-refractivity contribution in [3.05, 3.63) is 154 Å². The molecule has 0 spiro atoms. The van der Waals surface area contributed by atoms with E-state index >= 15 is 8.78 Å². The summed E-state index contributed by atoms with van der Waals surface area (Å²) >= 11 is 7.22. The predicted molar refractivity (Wildman–Crippen MR) is 207 cm³/mol. The van der Waals surface area contributed by atoms with E-state index in [0.29, 0.717) is 11.1 Å². The fourth-order valence-corrected chi connectivity index (χ4v) is 8.28. The minimum Gasteiger partial charge on any atom is -0.310 e. The molecule has 0 saturated heterocycles. The Morgan fingerprint density at radius 1 is 0.510 bits per heavy atom. The molecular formula is C43H34Br2F2N2. The van der Waals surface area contributed by atoms with Gasteiger partial charge in [0.05, 0.1) is 21.9 Å². The Labute approximate surface area is 302 Å². The quantitative estimate of drug-likeness (QED) is 0.169. The number of benzene rings is 6. The maximum Gasteiger partial charge on any atom is 0.266 e. The van der Waals surface area contributed by atoms with Gasteiger partial charge in [0, 0.05) is 42.5 Å². The number of anilines is 3. The summed E-state index contributed by atoms with van der Waals surface area (Å²) in [4.78, 5) is 2.24. The van der Waals surface area contributed by atoms with Gasteiger partial charge in [0.1, 0.15) is 0 Å². The second-order valence-electron chi connectivity index (χ2n) is 14.0. The summed E-state index contributed by atoms with van der Waals surface area (Å²) in [6.07, 6.45) is 0. The van der Waals surface area contributed by atoms with Crippen LogP contribution in [0.4, 0.5) is 25.8 Å². The zero-order valence-corrected chi connectivity index (χ0v) is 30.8. The van der Waals surface area contributed by atoms with Crippen molar-refractivity contribution in [2.75, 3.05) is 4.90 Å². The van der Waals surface area contributed by atoms with Crippen LogP contribution in [0.5, 0.6) is 0 Å². The maximum atomic E-state index is 16.0. The van der Waals surface area contributed by atoms with E-state index in [4.69, 9.17) is 0 Å². The lowest BCUT2D eigenvalue weighted by atomic mass is 9.77. The van der Waals surface area contributed by atoms with Gasteiger partial charge in [-0.1, -0.05) is 86.5 Å². The molecule has 0 saturated carbocycles. The van der Waals surface area contributed by atoms with Gasteiger partial charge in [-0.15, -0.1) is 0 Å². The van der Waals surface area contributed by atoms with Gasteiger partial charge < -0.3 is 9.47 Å². The zero-order chi connectivity index (χ0) is 34.3. The van der Waals surface area contributed by atoms with E-state index in [0.717, 1.165) is 53.9 Å². The minimum absolute atomic E-state index is 0.696. The highest BCUT2D eigenvalue weighted by atomic mass is 79.9. The fraction of sp³-hybridized carbons (Fsp3) is 0.163. The van der Waals surface area contributed by atoms with Gasteiger partial charge in [-0.3, -0.25) is 0 Å². The molecule has 6 aromatic carbocycles. The van der Waals surface area contributed by atoms with Crippen LogP contribution < -0.4 is 4.90 Å². The second-order valence-corrected chi connectivity index (χ2v) is 15.8. The van der Waals surface area contributed by atoms with Crippen LogP contribution in [0.3, 0.4) is 0 Å². The van der Waals surface area contributed by atoms with E-state index < -0.39 is 16.8 Å². The molecule has 0 radical (unpaired) electrons. The van der Waals surface area contributed by atoms with E-state index in [1.165, 1.54) is 10.8 Å². The van der Waals surface area contributed by atoms with Crippen molar-refractivity contribution in [1.29, 1.82) is 0 Å². The van der Waals surface area contributed by atoms with Gasteiger partial charge in [0.15, 0.2) is 0 Å². The molecule has 0 atom stereocenters. The summed E-state index contributed by atoms with van der Waals surface area (Å²) in [6, 6.07) is 46.0. The van der Waals surface area contributed by atoms with Crippen molar-refractivity contribution in [3.63, 3.8) is 0 Å². The Hall–Kier alpha value is -4.26. The first-order valence-corrected chi connectivity index (χ1v) is 18.0. The van der Waals surface area contributed by atoms with Crippen LogP contribution in [0.1, 0.15) is 38.8 Å². The van der Waals surface area contributed by atoms with E-state index in [2.05, 4.69) is 132 Å². The van der Waals surface area contributed by atoms with Crippen LogP contribution in [-0.4, -0.2) is 10.5 Å². The molecule has 8 rings (SSSR count). The molecule has 2 nitrogen and oxygen atoms in total. The number of para-hydroxylation sites is 2. The Morgan fingerprint density at radius 2 is 1.02 bits per heavy atom. The van der Waals surface area contributed by atoms with Crippen LogP contribution >= 0.6 is 31.9 Å². The molecule has 49 heavy (non-hydrogen) atoms. The van der Waals surface area contributed by atoms with E-state index in [1.54, 1.807) is 27.7 Å². The molecule has 244 valence electrons. The van der Waals surface area contributed by atoms with Crippen molar-refractivity contribution >= 4 is 70.7 Å². The normalized spacial score (nSPS) is 15.8. The fourth-order valence-electron chi connectivity index (χ4n) is 7.75. The van der Waals surface area contributed by atoms with Crippen molar-refractivity contribution in [1.82, 2.24) is 4.57 Å². The second kappa shape index (κ2) is 11.4. The number of hydrogen-bond acceptors (Lipinski definition) is 1. The Balaban J connectivity index is 1.43. The number of nitrogens with zero attached hydrogens (tertiary/aromatic N) is 2. The summed E-state index contributed by atoms with van der Waals surface area (Å²) < 4.78 is 36.2. The van der Waals surface area contributed by atoms with Gasteiger partial charge in [0.25, 0.3) is 5.92 Å². The Bertz CT molecular complexity index is 2290. The molecule has 6 heteroatoms. The molecule has 1 aromatic heterocycles. The van der Waals surface area contributed by atoms with Gasteiger partial charge in [-0.25, -0.2) is 8.78 Å². The molecule has 1 heterocycles. The molecule has 0 aliphatic heterocycles. The summed E-state index contributed by atoms with van der Waals surface area (Å²) in [5.41, 5.74) is 6.76. The Kier molecular flexibility index (Phi) is 7.44. The lowest BCUT2D eigenvalue weighted by Crippen LogP contribution is -2.46. The van der Waals surface area contributed by atoms with Gasteiger partial charge in [-0.05, 0) is 129 Å².